The van der Waals surface area contributed by atoms with Gasteiger partial charge in [0, 0.05) is 50.8 Å². The smallest absolute Gasteiger partial charge is 0.223 e. The van der Waals surface area contributed by atoms with Gasteiger partial charge in [0.1, 0.15) is 17.6 Å². The Labute approximate surface area is 158 Å². The summed E-state index contributed by atoms with van der Waals surface area (Å²) in [4.78, 5) is 18.8. The molecule has 0 spiro atoms. The molecule has 3 heterocycles. The second kappa shape index (κ2) is 8.18. The molecule has 27 heavy (non-hydrogen) atoms. The van der Waals surface area contributed by atoms with Crippen LogP contribution in [0.15, 0.2) is 24.4 Å². The van der Waals surface area contributed by atoms with Crippen LogP contribution in [-0.4, -0.2) is 52.4 Å². The summed E-state index contributed by atoms with van der Waals surface area (Å²) in [6.07, 6.45) is 2.30. The Morgan fingerprint density at radius 1 is 1.44 bits per heavy atom. The maximum atomic E-state index is 12.7. The highest BCUT2D eigenvalue weighted by atomic mass is 16.5. The molecule has 0 bridgehead atoms. The number of methoxy groups -OCH3 is 1. The number of carbonyl (C=O) groups is 1. The standard InChI is InChI=1S/C19H24N6O2/c1-13-16(12-22-24(13)2)19-14(9-18(26)25(19)7-8-27-3)11-21-17-6-4-5-15(10-20)23-17/h4-6,12,14,19H,7-9,11H2,1-3H3,(H,21,23)/t14-,19+/m0/s1. The fraction of sp³-hybridized carbons (Fsp3) is 0.474. The fourth-order valence-corrected chi connectivity index (χ4v) is 3.56. The zero-order valence-corrected chi connectivity index (χ0v) is 15.8. The second-order valence-electron chi connectivity index (χ2n) is 6.70. The van der Waals surface area contributed by atoms with Crippen LogP contribution in [0.25, 0.3) is 0 Å². The number of nitrogens with one attached hydrogen (secondary N) is 1. The Bertz CT molecular complexity index is 856. The van der Waals surface area contributed by atoms with Gasteiger partial charge in [-0.1, -0.05) is 6.07 Å². The molecule has 0 aromatic carbocycles. The van der Waals surface area contributed by atoms with Crippen molar-refractivity contribution in [2.24, 2.45) is 13.0 Å². The van der Waals surface area contributed by atoms with Crippen LogP contribution in [0.1, 0.15) is 29.4 Å². The summed E-state index contributed by atoms with van der Waals surface area (Å²) in [7, 11) is 3.54. The van der Waals surface area contributed by atoms with E-state index in [-0.39, 0.29) is 17.9 Å². The summed E-state index contributed by atoms with van der Waals surface area (Å²) in [6.45, 7) is 3.64. The molecule has 1 aliphatic rings. The van der Waals surface area contributed by atoms with Crippen molar-refractivity contribution in [2.75, 3.05) is 32.1 Å². The number of hydrogen-bond donors (Lipinski definition) is 1. The third-order valence-corrected chi connectivity index (χ3v) is 5.08. The van der Waals surface area contributed by atoms with Gasteiger partial charge in [0.2, 0.25) is 5.91 Å². The molecule has 2 atom stereocenters. The Morgan fingerprint density at radius 3 is 2.93 bits per heavy atom. The maximum Gasteiger partial charge on any atom is 0.223 e. The van der Waals surface area contributed by atoms with E-state index in [1.807, 2.05) is 41.9 Å². The number of hydrogen-bond acceptors (Lipinski definition) is 6. The van der Waals surface area contributed by atoms with Crippen LogP contribution in [0.5, 0.6) is 0 Å². The SMILES string of the molecule is COCCN1C(=O)C[C@@H](CNc2cccc(C#N)n2)[C@@H]1c1cnn(C)c1C. The van der Waals surface area contributed by atoms with Gasteiger partial charge in [-0.25, -0.2) is 4.98 Å². The molecule has 8 heteroatoms. The number of rotatable bonds is 7. The Balaban J connectivity index is 1.82. The van der Waals surface area contributed by atoms with Crippen LogP contribution in [0.4, 0.5) is 5.82 Å². The van der Waals surface area contributed by atoms with E-state index in [0.29, 0.717) is 37.6 Å². The molecule has 0 saturated carbocycles. The molecule has 1 fully saturated rings. The number of likely N-dealkylation sites (tertiary alicyclic amines) is 1. The van der Waals surface area contributed by atoms with Crippen LogP contribution in [0.3, 0.4) is 0 Å². The third-order valence-electron chi connectivity index (χ3n) is 5.08. The molecule has 3 rings (SSSR count). The van der Waals surface area contributed by atoms with Gasteiger partial charge in [-0.05, 0) is 19.1 Å². The van der Waals surface area contributed by atoms with Crippen molar-refractivity contribution in [1.29, 1.82) is 5.26 Å². The van der Waals surface area contributed by atoms with Crippen molar-refractivity contribution in [3.05, 3.63) is 41.3 Å². The first-order valence-corrected chi connectivity index (χ1v) is 8.93. The van der Waals surface area contributed by atoms with Gasteiger partial charge in [0.05, 0.1) is 18.8 Å². The number of nitriles is 1. The highest BCUT2D eigenvalue weighted by Crippen LogP contribution is 2.39. The largest absolute Gasteiger partial charge is 0.383 e. The minimum absolute atomic E-state index is 0.0620. The predicted molar refractivity (Wildman–Crippen MR) is 99.8 cm³/mol. The molecule has 2 aromatic rings. The van der Waals surface area contributed by atoms with Crippen molar-refractivity contribution in [1.82, 2.24) is 19.7 Å². The lowest BCUT2D eigenvalue weighted by molar-refractivity contribution is -0.129. The van der Waals surface area contributed by atoms with Crippen LogP contribution in [-0.2, 0) is 16.6 Å². The molecule has 2 aromatic heterocycles. The van der Waals surface area contributed by atoms with E-state index in [0.717, 1.165) is 11.3 Å². The molecule has 8 nitrogen and oxygen atoms in total. The van der Waals surface area contributed by atoms with Crippen LogP contribution >= 0.6 is 0 Å². The average molecular weight is 368 g/mol. The van der Waals surface area contributed by atoms with Gasteiger partial charge in [-0.3, -0.25) is 9.48 Å². The lowest BCUT2D eigenvalue weighted by Gasteiger charge is -2.28. The fourth-order valence-electron chi connectivity index (χ4n) is 3.56. The predicted octanol–water partition coefficient (Wildman–Crippen LogP) is 1.64. The first-order valence-electron chi connectivity index (χ1n) is 8.93. The van der Waals surface area contributed by atoms with Gasteiger partial charge in [-0.2, -0.15) is 10.4 Å². The van der Waals surface area contributed by atoms with Crippen molar-refractivity contribution in [3.63, 3.8) is 0 Å². The lowest BCUT2D eigenvalue weighted by atomic mass is 9.94. The summed E-state index contributed by atoms with van der Waals surface area (Å²) >= 11 is 0. The van der Waals surface area contributed by atoms with E-state index < -0.39 is 0 Å². The number of nitrogens with zero attached hydrogens (tertiary/aromatic N) is 5. The van der Waals surface area contributed by atoms with Crippen molar-refractivity contribution < 1.29 is 9.53 Å². The van der Waals surface area contributed by atoms with Gasteiger partial charge in [-0.15, -0.1) is 0 Å². The number of aryl methyl sites for hydroxylation is 1. The monoisotopic (exact) mass is 368 g/mol. The van der Waals surface area contributed by atoms with E-state index in [9.17, 15) is 4.79 Å². The Morgan fingerprint density at radius 2 is 2.26 bits per heavy atom. The van der Waals surface area contributed by atoms with Crippen molar-refractivity contribution in [3.8, 4) is 6.07 Å². The van der Waals surface area contributed by atoms with Crippen molar-refractivity contribution >= 4 is 11.7 Å². The van der Waals surface area contributed by atoms with Gasteiger partial charge >= 0.3 is 0 Å². The molecule has 0 aliphatic carbocycles. The summed E-state index contributed by atoms with van der Waals surface area (Å²) in [5, 5.41) is 16.6. The summed E-state index contributed by atoms with van der Waals surface area (Å²) in [5.41, 5.74) is 2.47. The third kappa shape index (κ3) is 3.93. The molecular weight excluding hydrogens is 344 g/mol. The first kappa shape index (κ1) is 18.9. The lowest BCUT2D eigenvalue weighted by Crippen LogP contribution is -2.33. The number of amides is 1. The summed E-state index contributed by atoms with van der Waals surface area (Å²) in [6, 6.07) is 7.26. The van der Waals surface area contributed by atoms with E-state index in [1.54, 1.807) is 19.2 Å². The highest BCUT2D eigenvalue weighted by Gasteiger charge is 2.41. The molecule has 142 valence electrons. The van der Waals surface area contributed by atoms with E-state index in [2.05, 4.69) is 15.4 Å². The number of pyridine rings is 1. The molecule has 1 N–H and O–H groups in total. The van der Waals surface area contributed by atoms with E-state index in [4.69, 9.17) is 10.00 Å². The van der Waals surface area contributed by atoms with Crippen LogP contribution in [0, 0.1) is 24.2 Å². The van der Waals surface area contributed by atoms with Gasteiger partial charge in [0.15, 0.2) is 0 Å². The quantitative estimate of drug-likeness (QED) is 0.798. The highest BCUT2D eigenvalue weighted by molar-refractivity contribution is 5.80. The second-order valence-corrected chi connectivity index (χ2v) is 6.70. The van der Waals surface area contributed by atoms with Gasteiger partial charge in [0.25, 0.3) is 0 Å². The summed E-state index contributed by atoms with van der Waals surface area (Å²) < 4.78 is 7.02. The van der Waals surface area contributed by atoms with Crippen LogP contribution < -0.4 is 5.32 Å². The molecular formula is C19H24N6O2. The zero-order valence-electron chi connectivity index (χ0n) is 15.8. The molecule has 0 unspecified atom stereocenters. The molecule has 1 amide bonds. The number of ether oxygens (including phenoxy) is 1. The first-order chi connectivity index (χ1) is 13.0. The van der Waals surface area contributed by atoms with Gasteiger partial charge < -0.3 is 15.0 Å². The van der Waals surface area contributed by atoms with Crippen LogP contribution in [0.2, 0.25) is 0 Å². The van der Waals surface area contributed by atoms with Crippen molar-refractivity contribution in [2.45, 2.75) is 19.4 Å². The Hall–Kier alpha value is -2.92. The van der Waals surface area contributed by atoms with E-state index in [1.165, 1.54) is 0 Å². The molecule has 1 saturated heterocycles. The summed E-state index contributed by atoms with van der Waals surface area (Å²) in [5.74, 6) is 0.828. The molecule has 0 radical (unpaired) electrons. The topological polar surface area (TPSA) is 96.1 Å². The average Bonchev–Trinajstić information content (AvgIpc) is 3.17. The zero-order chi connectivity index (χ0) is 19.4. The number of carbonyl (C=O) groups excluding carboxylic acids is 1. The van der Waals surface area contributed by atoms with E-state index >= 15 is 0 Å². The normalized spacial score (nSPS) is 19.3. The number of aromatic nitrogens is 3. The minimum atomic E-state index is -0.0620. The number of anilines is 1. The Kier molecular flexibility index (Phi) is 5.72. The minimum Gasteiger partial charge on any atom is -0.383 e. The molecule has 1 aliphatic heterocycles. The maximum absolute atomic E-state index is 12.7.